The summed E-state index contributed by atoms with van der Waals surface area (Å²) in [6, 6.07) is 2.14. The number of hydrogen-bond donors (Lipinski definition) is 3. The van der Waals surface area contributed by atoms with Gasteiger partial charge in [-0.2, -0.15) is 5.10 Å². The normalized spacial score (nSPS) is 21.6. The molecule has 1 atom stereocenters. The molecule has 0 amide bonds. The van der Waals surface area contributed by atoms with Crippen molar-refractivity contribution in [2.45, 2.75) is 31.7 Å². The summed E-state index contributed by atoms with van der Waals surface area (Å²) in [5.41, 5.74) is 15.0. The largest absolute Gasteiger partial charge is 0.382 e. The Hall–Kier alpha value is -2.45. The van der Waals surface area contributed by atoms with Crippen LogP contribution in [0.2, 0.25) is 5.02 Å². The number of piperidine rings is 1. The molecule has 3 aromatic rings. The van der Waals surface area contributed by atoms with E-state index in [0.29, 0.717) is 38.9 Å². The van der Waals surface area contributed by atoms with E-state index in [1.165, 1.54) is 6.42 Å². The van der Waals surface area contributed by atoms with Crippen LogP contribution in [0.3, 0.4) is 0 Å². The topological polar surface area (TPSA) is 123 Å². The predicted molar refractivity (Wildman–Crippen MR) is 105 cm³/mol. The lowest BCUT2D eigenvalue weighted by molar-refractivity contribution is 0.0610. The minimum absolute atomic E-state index is 0.270. The Morgan fingerprint density at radius 3 is 2.74 bits per heavy atom. The van der Waals surface area contributed by atoms with Gasteiger partial charge in [0.15, 0.2) is 5.65 Å². The lowest BCUT2D eigenvalue weighted by Gasteiger charge is -2.52. The maximum Gasteiger partial charge on any atom is 0.177 e. The van der Waals surface area contributed by atoms with E-state index in [1.54, 1.807) is 18.5 Å². The highest BCUT2D eigenvalue weighted by Gasteiger charge is 2.46. The first kappa shape index (κ1) is 16.7. The standard InChI is InChI=1S/C18H21ClN8/c19-13-10(2-6-22-16(13)21)14-15-17(26-25-14)24-12(9-23-15)27-7-4-18(5-8-27)3-1-11(18)20/h2,6,9,11H,1,3-5,7-8,20H2,(H2,21,22)(H,24,25,26). The summed E-state index contributed by atoms with van der Waals surface area (Å²) in [6.07, 6.45) is 8.06. The van der Waals surface area contributed by atoms with Crippen LogP contribution >= 0.6 is 11.6 Å². The Balaban J connectivity index is 1.43. The van der Waals surface area contributed by atoms with E-state index in [1.807, 2.05) is 0 Å². The van der Waals surface area contributed by atoms with Crippen molar-refractivity contribution in [3.63, 3.8) is 0 Å². The van der Waals surface area contributed by atoms with Gasteiger partial charge in [0.25, 0.3) is 0 Å². The molecule has 2 aliphatic rings. The number of nitrogen functional groups attached to an aromatic ring is 1. The highest BCUT2D eigenvalue weighted by atomic mass is 35.5. The first-order chi connectivity index (χ1) is 13.1. The van der Waals surface area contributed by atoms with E-state index in [-0.39, 0.29) is 5.82 Å². The van der Waals surface area contributed by atoms with E-state index in [9.17, 15) is 0 Å². The van der Waals surface area contributed by atoms with Crippen molar-refractivity contribution in [3.8, 4) is 11.3 Å². The van der Waals surface area contributed by atoms with Gasteiger partial charge in [0.1, 0.15) is 22.8 Å². The van der Waals surface area contributed by atoms with Crippen LogP contribution in [-0.2, 0) is 0 Å². The van der Waals surface area contributed by atoms with Gasteiger partial charge in [0.2, 0.25) is 0 Å². The number of hydrogen-bond acceptors (Lipinski definition) is 7. The molecule has 3 aromatic heterocycles. The van der Waals surface area contributed by atoms with Gasteiger partial charge in [0.05, 0.1) is 11.2 Å². The number of halogens is 1. The number of nitrogens with two attached hydrogens (primary N) is 2. The number of rotatable bonds is 2. The van der Waals surface area contributed by atoms with Crippen molar-refractivity contribution < 1.29 is 0 Å². The van der Waals surface area contributed by atoms with E-state index < -0.39 is 0 Å². The molecule has 1 unspecified atom stereocenters. The van der Waals surface area contributed by atoms with Gasteiger partial charge in [-0.15, -0.1) is 0 Å². The maximum absolute atomic E-state index is 6.29. The van der Waals surface area contributed by atoms with Crippen LogP contribution in [0.5, 0.6) is 0 Å². The molecular formula is C18H21ClN8. The summed E-state index contributed by atoms with van der Waals surface area (Å²) in [7, 11) is 0. The van der Waals surface area contributed by atoms with Crippen molar-refractivity contribution in [2.24, 2.45) is 11.1 Å². The van der Waals surface area contributed by atoms with Crippen LogP contribution in [0.4, 0.5) is 11.6 Å². The van der Waals surface area contributed by atoms with Crippen LogP contribution in [0.1, 0.15) is 25.7 Å². The van der Waals surface area contributed by atoms with Gasteiger partial charge >= 0.3 is 0 Å². The van der Waals surface area contributed by atoms with Crippen LogP contribution in [0.25, 0.3) is 22.4 Å². The molecule has 0 aromatic carbocycles. The minimum atomic E-state index is 0.270. The highest BCUT2D eigenvalue weighted by molar-refractivity contribution is 6.35. The van der Waals surface area contributed by atoms with E-state index >= 15 is 0 Å². The second kappa shape index (κ2) is 6.03. The molecule has 8 nitrogen and oxygen atoms in total. The van der Waals surface area contributed by atoms with Crippen LogP contribution < -0.4 is 16.4 Å². The summed E-state index contributed by atoms with van der Waals surface area (Å²) in [4.78, 5) is 15.6. The van der Waals surface area contributed by atoms with E-state index in [2.05, 4.69) is 25.1 Å². The molecule has 1 saturated heterocycles. The average molecular weight is 385 g/mol. The fraction of sp³-hybridized carbons (Fsp3) is 0.444. The third kappa shape index (κ3) is 2.55. The third-order valence-corrected chi connectivity index (χ3v) is 6.65. The number of H-pyrrole nitrogens is 1. The summed E-state index contributed by atoms with van der Waals surface area (Å²) in [5.74, 6) is 1.13. The number of anilines is 2. The number of nitrogens with zero attached hydrogens (tertiary/aromatic N) is 5. The number of aromatic nitrogens is 5. The molecule has 9 heteroatoms. The van der Waals surface area contributed by atoms with Crippen molar-refractivity contribution >= 4 is 34.4 Å². The summed E-state index contributed by atoms with van der Waals surface area (Å²) in [5, 5.41) is 7.69. The number of nitrogens with one attached hydrogen (secondary N) is 1. The lowest BCUT2D eigenvalue weighted by atomic mass is 9.60. The Morgan fingerprint density at radius 1 is 1.22 bits per heavy atom. The quantitative estimate of drug-likeness (QED) is 0.619. The Morgan fingerprint density at radius 2 is 2.04 bits per heavy atom. The Bertz CT molecular complexity index is 1010. The smallest absolute Gasteiger partial charge is 0.177 e. The molecule has 4 heterocycles. The molecule has 27 heavy (non-hydrogen) atoms. The van der Waals surface area contributed by atoms with Gasteiger partial charge < -0.3 is 16.4 Å². The number of aromatic amines is 1. The molecular weight excluding hydrogens is 364 g/mol. The van der Waals surface area contributed by atoms with Gasteiger partial charge in [-0.25, -0.2) is 15.0 Å². The molecule has 140 valence electrons. The SMILES string of the molecule is Nc1nccc(-c2n[nH]c3nc(N4CCC5(CCC5N)CC4)cnc23)c1Cl. The summed E-state index contributed by atoms with van der Waals surface area (Å²) in [6.45, 7) is 1.92. The molecule has 0 bridgehead atoms. The lowest BCUT2D eigenvalue weighted by Crippen LogP contribution is -2.56. The summed E-state index contributed by atoms with van der Waals surface area (Å²) < 4.78 is 0. The Kier molecular flexibility index (Phi) is 3.73. The summed E-state index contributed by atoms with van der Waals surface area (Å²) >= 11 is 6.29. The molecule has 5 N–H and O–H groups in total. The van der Waals surface area contributed by atoms with Crippen molar-refractivity contribution in [2.75, 3.05) is 23.7 Å². The van der Waals surface area contributed by atoms with Crippen molar-refractivity contribution in [1.29, 1.82) is 0 Å². The zero-order chi connectivity index (χ0) is 18.6. The van der Waals surface area contributed by atoms with Crippen LogP contribution in [-0.4, -0.2) is 44.3 Å². The Labute approximate surface area is 161 Å². The molecule has 1 spiro atoms. The number of pyridine rings is 1. The van der Waals surface area contributed by atoms with Crippen LogP contribution in [0.15, 0.2) is 18.5 Å². The fourth-order valence-electron chi connectivity index (χ4n) is 4.30. The molecule has 5 rings (SSSR count). The van der Waals surface area contributed by atoms with Gasteiger partial charge in [-0.3, -0.25) is 5.10 Å². The van der Waals surface area contributed by atoms with Gasteiger partial charge in [0, 0.05) is 30.9 Å². The number of fused-ring (bicyclic) bond motifs is 1. The van der Waals surface area contributed by atoms with Crippen LogP contribution in [0, 0.1) is 5.41 Å². The average Bonchev–Trinajstić information content (AvgIpc) is 3.12. The monoisotopic (exact) mass is 384 g/mol. The second-order valence-electron chi connectivity index (χ2n) is 7.55. The molecule has 0 radical (unpaired) electrons. The van der Waals surface area contributed by atoms with Gasteiger partial charge in [-0.1, -0.05) is 11.6 Å². The van der Waals surface area contributed by atoms with E-state index in [0.717, 1.165) is 38.2 Å². The molecule has 1 saturated carbocycles. The first-order valence-electron chi connectivity index (χ1n) is 9.19. The second-order valence-corrected chi connectivity index (χ2v) is 7.93. The van der Waals surface area contributed by atoms with Gasteiger partial charge in [-0.05, 0) is 37.2 Å². The van der Waals surface area contributed by atoms with Crippen molar-refractivity contribution in [3.05, 3.63) is 23.5 Å². The molecule has 1 aliphatic heterocycles. The maximum atomic E-state index is 6.29. The predicted octanol–water partition coefficient (Wildman–Crippen LogP) is 2.36. The zero-order valence-electron chi connectivity index (χ0n) is 14.8. The van der Waals surface area contributed by atoms with E-state index in [4.69, 9.17) is 28.1 Å². The molecule has 1 aliphatic carbocycles. The van der Waals surface area contributed by atoms with Crippen molar-refractivity contribution in [1.82, 2.24) is 25.1 Å². The first-order valence-corrected chi connectivity index (χ1v) is 9.57. The third-order valence-electron chi connectivity index (χ3n) is 6.25. The highest BCUT2D eigenvalue weighted by Crippen LogP contribution is 2.48. The zero-order valence-corrected chi connectivity index (χ0v) is 15.6. The molecule has 2 fully saturated rings. The fourth-order valence-corrected chi connectivity index (χ4v) is 4.50. The minimum Gasteiger partial charge on any atom is -0.382 e.